The Morgan fingerprint density at radius 2 is 1.86 bits per heavy atom. The highest BCUT2D eigenvalue weighted by Crippen LogP contribution is 2.19. The van der Waals surface area contributed by atoms with Crippen LogP contribution in [0.1, 0.15) is 0 Å². The third-order valence-corrected chi connectivity index (χ3v) is 5.08. The van der Waals surface area contributed by atoms with Gasteiger partial charge in [-0.25, -0.2) is 9.97 Å². The van der Waals surface area contributed by atoms with Crippen LogP contribution in [-0.4, -0.2) is 52.2 Å². The van der Waals surface area contributed by atoms with Crippen LogP contribution in [0.4, 0.5) is 5.13 Å². The summed E-state index contributed by atoms with van der Waals surface area (Å²) in [5, 5.41) is 3.20. The number of thiazole rings is 1. The zero-order valence-corrected chi connectivity index (χ0v) is 13.2. The molecule has 4 rings (SSSR count). The van der Waals surface area contributed by atoms with Crippen molar-refractivity contribution in [3.8, 4) is 0 Å². The van der Waals surface area contributed by atoms with E-state index in [2.05, 4.69) is 42.5 Å². The van der Waals surface area contributed by atoms with E-state index in [4.69, 9.17) is 0 Å². The highest BCUT2D eigenvalue weighted by Gasteiger charge is 2.18. The van der Waals surface area contributed by atoms with Gasteiger partial charge < -0.3 is 9.47 Å². The largest absolute Gasteiger partial charge is 0.346 e. The van der Waals surface area contributed by atoms with Crippen LogP contribution in [0, 0.1) is 0 Å². The van der Waals surface area contributed by atoms with Gasteiger partial charge in [-0.1, -0.05) is 12.1 Å². The van der Waals surface area contributed by atoms with Crippen LogP contribution >= 0.6 is 11.3 Å². The maximum Gasteiger partial charge on any atom is 0.185 e. The molecule has 0 bridgehead atoms. The second-order valence-electron chi connectivity index (χ2n) is 5.57. The van der Waals surface area contributed by atoms with E-state index in [1.165, 1.54) is 5.52 Å². The number of anilines is 1. The Balaban J connectivity index is 1.34. The Morgan fingerprint density at radius 3 is 2.68 bits per heavy atom. The van der Waals surface area contributed by atoms with Gasteiger partial charge in [0, 0.05) is 50.8 Å². The molecule has 0 amide bonds. The average Bonchev–Trinajstić information content (AvgIpc) is 3.23. The van der Waals surface area contributed by atoms with Crippen LogP contribution in [0.25, 0.3) is 11.0 Å². The first kappa shape index (κ1) is 13.7. The number of hydrogen-bond acceptors (Lipinski definition) is 5. The Hall–Kier alpha value is -1.92. The predicted molar refractivity (Wildman–Crippen MR) is 90.5 cm³/mol. The Labute approximate surface area is 133 Å². The molecular weight excluding hydrogens is 294 g/mol. The minimum Gasteiger partial charge on any atom is -0.346 e. The summed E-state index contributed by atoms with van der Waals surface area (Å²) in [6, 6.07) is 8.33. The van der Waals surface area contributed by atoms with Gasteiger partial charge in [0.1, 0.15) is 0 Å². The number of piperazine rings is 1. The fourth-order valence-corrected chi connectivity index (χ4v) is 3.67. The smallest absolute Gasteiger partial charge is 0.185 e. The molecule has 0 unspecified atom stereocenters. The average molecular weight is 313 g/mol. The lowest BCUT2D eigenvalue weighted by atomic mass is 10.3. The third kappa shape index (κ3) is 2.71. The number of aromatic nitrogens is 3. The van der Waals surface area contributed by atoms with E-state index in [-0.39, 0.29) is 0 Å². The van der Waals surface area contributed by atoms with Crippen molar-refractivity contribution in [2.75, 3.05) is 37.6 Å². The van der Waals surface area contributed by atoms with E-state index >= 15 is 0 Å². The fraction of sp³-hybridized carbons (Fsp3) is 0.375. The standard InChI is InChI=1S/C16H19N5S/c1-2-4-15-14(3-1)18-13-21(15)11-8-19-6-9-20(10-7-19)16-17-5-12-22-16/h1-5,12-13H,6-11H2. The molecule has 0 N–H and O–H groups in total. The lowest BCUT2D eigenvalue weighted by Gasteiger charge is -2.34. The van der Waals surface area contributed by atoms with Gasteiger partial charge in [0.05, 0.1) is 17.4 Å². The van der Waals surface area contributed by atoms with E-state index in [0.717, 1.165) is 49.9 Å². The fourth-order valence-electron chi connectivity index (χ4n) is 2.97. The van der Waals surface area contributed by atoms with Gasteiger partial charge in [-0.3, -0.25) is 4.90 Å². The molecule has 1 aliphatic rings. The SMILES string of the molecule is c1ccc2c(c1)ncn2CCN1CCN(c2nccs2)CC1. The van der Waals surface area contributed by atoms with Crippen molar-refractivity contribution in [3.63, 3.8) is 0 Å². The first-order valence-electron chi connectivity index (χ1n) is 7.67. The van der Waals surface area contributed by atoms with Crippen molar-refractivity contribution in [1.29, 1.82) is 0 Å². The molecule has 22 heavy (non-hydrogen) atoms. The summed E-state index contributed by atoms with van der Waals surface area (Å²) < 4.78 is 2.25. The van der Waals surface area contributed by atoms with Crippen LogP contribution < -0.4 is 4.90 Å². The van der Waals surface area contributed by atoms with Gasteiger partial charge in [0.2, 0.25) is 0 Å². The number of hydrogen-bond donors (Lipinski definition) is 0. The van der Waals surface area contributed by atoms with Crippen LogP contribution in [0.3, 0.4) is 0 Å². The molecule has 0 atom stereocenters. The molecule has 3 aromatic rings. The summed E-state index contributed by atoms with van der Waals surface area (Å²) in [6.07, 6.45) is 3.84. The summed E-state index contributed by atoms with van der Waals surface area (Å²) in [4.78, 5) is 13.8. The number of benzene rings is 1. The van der Waals surface area contributed by atoms with Crippen molar-refractivity contribution in [3.05, 3.63) is 42.2 Å². The molecular formula is C16H19N5S. The highest BCUT2D eigenvalue weighted by molar-refractivity contribution is 7.13. The van der Waals surface area contributed by atoms with Gasteiger partial charge in [-0.05, 0) is 12.1 Å². The molecule has 5 nitrogen and oxygen atoms in total. The van der Waals surface area contributed by atoms with E-state index in [1.807, 2.05) is 24.0 Å². The quantitative estimate of drug-likeness (QED) is 0.741. The molecule has 0 radical (unpaired) electrons. The Kier molecular flexibility index (Phi) is 3.78. The number of para-hydroxylation sites is 2. The molecule has 1 aliphatic heterocycles. The van der Waals surface area contributed by atoms with Gasteiger partial charge in [-0.2, -0.15) is 0 Å². The molecule has 0 saturated carbocycles. The monoisotopic (exact) mass is 313 g/mol. The first-order chi connectivity index (χ1) is 10.9. The first-order valence-corrected chi connectivity index (χ1v) is 8.55. The normalized spacial score (nSPS) is 16.5. The molecule has 114 valence electrons. The molecule has 2 aromatic heterocycles. The van der Waals surface area contributed by atoms with Gasteiger partial charge in [-0.15, -0.1) is 11.3 Å². The van der Waals surface area contributed by atoms with Crippen molar-refractivity contribution in [1.82, 2.24) is 19.4 Å². The minimum atomic E-state index is 0.998. The topological polar surface area (TPSA) is 37.2 Å². The molecule has 3 heterocycles. The Morgan fingerprint density at radius 1 is 1.00 bits per heavy atom. The summed E-state index contributed by atoms with van der Waals surface area (Å²) in [5.74, 6) is 0. The van der Waals surface area contributed by atoms with Crippen molar-refractivity contribution in [2.45, 2.75) is 6.54 Å². The zero-order chi connectivity index (χ0) is 14.8. The van der Waals surface area contributed by atoms with Crippen molar-refractivity contribution >= 4 is 27.5 Å². The second-order valence-corrected chi connectivity index (χ2v) is 6.44. The highest BCUT2D eigenvalue weighted by atomic mass is 32.1. The predicted octanol–water partition coefficient (Wildman–Crippen LogP) is 2.32. The lowest BCUT2D eigenvalue weighted by molar-refractivity contribution is 0.249. The molecule has 0 spiro atoms. The zero-order valence-electron chi connectivity index (χ0n) is 12.4. The van der Waals surface area contributed by atoms with Crippen LogP contribution in [0.5, 0.6) is 0 Å². The van der Waals surface area contributed by atoms with E-state index in [1.54, 1.807) is 11.3 Å². The van der Waals surface area contributed by atoms with Crippen LogP contribution in [-0.2, 0) is 6.54 Å². The number of rotatable bonds is 4. The molecule has 0 aliphatic carbocycles. The molecule has 1 aromatic carbocycles. The maximum absolute atomic E-state index is 4.46. The van der Waals surface area contributed by atoms with E-state index < -0.39 is 0 Å². The van der Waals surface area contributed by atoms with E-state index in [9.17, 15) is 0 Å². The van der Waals surface area contributed by atoms with Crippen molar-refractivity contribution < 1.29 is 0 Å². The number of imidazole rings is 1. The maximum atomic E-state index is 4.46. The second kappa shape index (κ2) is 6.06. The van der Waals surface area contributed by atoms with Gasteiger partial charge in [0.25, 0.3) is 0 Å². The summed E-state index contributed by atoms with van der Waals surface area (Å²) in [7, 11) is 0. The molecule has 1 fully saturated rings. The van der Waals surface area contributed by atoms with E-state index in [0.29, 0.717) is 0 Å². The number of nitrogens with zero attached hydrogens (tertiary/aromatic N) is 5. The van der Waals surface area contributed by atoms with Crippen LogP contribution in [0.15, 0.2) is 42.2 Å². The van der Waals surface area contributed by atoms with Crippen molar-refractivity contribution in [2.24, 2.45) is 0 Å². The Bertz CT molecular complexity index is 728. The van der Waals surface area contributed by atoms with Gasteiger partial charge in [0.15, 0.2) is 5.13 Å². The molecule has 1 saturated heterocycles. The van der Waals surface area contributed by atoms with Gasteiger partial charge >= 0.3 is 0 Å². The lowest BCUT2D eigenvalue weighted by Crippen LogP contribution is -2.47. The summed E-state index contributed by atoms with van der Waals surface area (Å²) in [6.45, 7) is 6.42. The number of fused-ring (bicyclic) bond motifs is 1. The van der Waals surface area contributed by atoms with Crippen LogP contribution in [0.2, 0.25) is 0 Å². The summed E-state index contributed by atoms with van der Waals surface area (Å²) in [5.41, 5.74) is 2.31. The summed E-state index contributed by atoms with van der Waals surface area (Å²) >= 11 is 1.73. The molecule has 6 heteroatoms. The minimum absolute atomic E-state index is 0.998. The third-order valence-electron chi connectivity index (χ3n) is 4.25.